The van der Waals surface area contributed by atoms with Crippen LogP contribution in [0.5, 0.6) is 0 Å². The monoisotopic (exact) mass is 469 g/mol. The summed E-state index contributed by atoms with van der Waals surface area (Å²) in [5.41, 5.74) is 2.82. The van der Waals surface area contributed by atoms with Crippen LogP contribution >= 0.6 is 0 Å². The Kier molecular flexibility index (Phi) is 6.44. The molecule has 1 aliphatic heterocycles. The molecule has 7 nitrogen and oxygen atoms in total. The summed E-state index contributed by atoms with van der Waals surface area (Å²) < 4.78 is 5.35. The first-order valence-corrected chi connectivity index (χ1v) is 11.7. The molecule has 0 amide bonds. The van der Waals surface area contributed by atoms with Crippen LogP contribution in [0.15, 0.2) is 83.5 Å². The van der Waals surface area contributed by atoms with Crippen LogP contribution in [0.3, 0.4) is 0 Å². The Bertz CT molecular complexity index is 1280. The lowest BCUT2D eigenvalue weighted by atomic mass is 9.84. The van der Waals surface area contributed by atoms with Crippen LogP contribution in [-0.4, -0.2) is 39.2 Å². The molecular formula is C28H27N3O4. The van der Waals surface area contributed by atoms with Crippen molar-refractivity contribution in [1.82, 2.24) is 10.1 Å². The Morgan fingerprint density at radius 3 is 2.34 bits per heavy atom. The van der Waals surface area contributed by atoms with Gasteiger partial charge in [0.25, 0.3) is 0 Å². The molecule has 0 unspecified atom stereocenters. The number of aromatic nitrogens is 2. The Hall–Kier alpha value is -3.81. The van der Waals surface area contributed by atoms with Crippen molar-refractivity contribution in [3.05, 3.63) is 101 Å². The molecule has 0 bridgehead atoms. The van der Waals surface area contributed by atoms with Crippen LogP contribution in [0, 0.1) is 0 Å². The predicted octanol–water partition coefficient (Wildman–Crippen LogP) is 4.14. The van der Waals surface area contributed by atoms with Crippen LogP contribution in [-0.2, 0) is 18.6 Å². The highest BCUT2D eigenvalue weighted by Crippen LogP contribution is 2.34. The van der Waals surface area contributed by atoms with E-state index in [9.17, 15) is 15.0 Å². The Morgan fingerprint density at radius 1 is 0.971 bits per heavy atom. The number of ketones is 1. The van der Waals surface area contributed by atoms with Crippen molar-refractivity contribution in [2.24, 2.45) is 0 Å². The number of hydrogen-bond acceptors (Lipinski definition) is 7. The average molecular weight is 470 g/mol. The van der Waals surface area contributed by atoms with Gasteiger partial charge in [0.1, 0.15) is 5.82 Å². The van der Waals surface area contributed by atoms with Gasteiger partial charge in [0.15, 0.2) is 17.2 Å². The number of carbonyl (C=O) groups excluding carboxylic acids is 1. The van der Waals surface area contributed by atoms with Gasteiger partial charge in [-0.15, -0.1) is 0 Å². The van der Waals surface area contributed by atoms with Crippen LogP contribution in [0.1, 0.15) is 40.0 Å². The summed E-state index contributed by atoms with van der Waals surface area (Å²) in [4.78, 5) is 19.5. The topological polar surface area (TPSA) is 99.7 Å². The fourth-order valence-electron chi connectivity index (χ4n) is 4.44. The largest absolute Gasteiger partial charge is 0.392 e. The summed E-state index contributed by atoms with van der Waals surface area (Å²) >= 11 is 0. The van der Waals surface area contributed by atoms with E-state index in [4.69, 9.17) is 4.52 Å². The molecule has 2 aromatic heterocycles. The SMILES string of the molecule is O=C(Cc1ccc(N2CCC(O)(c3ccccc3)CC2)nc1)c1cc(-c2ccc(CO)cc2)on1. The van der Waals surface area contributed by atoms with Gasteiger partial charge in [-0.2, -0.15) is 0 Å². The molecule has 7 heteroatoms. The third-order valence-electron chi connectivity index (χ3n) is 6.62. The fourth-order valence-corrected chi connectivity index (χ4v) is 4.44. The van der Waals surface area contributed by atoms with Crippen LogP contribution in [0.2, 0.25) is 0 Å². The highest BCUT2D eigenvalue weighted by atomic mass is 16.5. The van der Waals surface area contributed by atoms with Crippen molar-refractivity contribution < 1.29 is 19.5 Å². The molecule has 1 saturated heterocycles. The van der Waals surface area contributed by atoms with Gasteiger partial charge in [0.05, 0.1) is 12.2 Å². The maximum atomic E-state index is 12.7. The van der Waals surface area contributed by atoms with Gasteiger partial charge in [-0.25, -0.2) is 4.98 Å². The van der Waals surface area contributed by atoms with Crippen LogP contribution in [0.25, 0.3) is 11.3 Å². The number of piperidine rings is 1. The number of rotatable bonds is 7. The molecule has 35 heavy (non-hydrogen) atoms. The number of benzene rings is 2. The van der Waals surface area contributed by atoms with E-state index in [0.717, 1.165) is 28.1 Å². The molecule has 5 rings (SSSR count). The summed E-state index contributed by atoms with van der Waals surface area (Å²) in [5, 5.41) is 24.2. The van der Waals surface area contributed by atoms with Crippen molar-refractivity contribution in [2.45, 2.75) is 31.5 Å². The molecule has 1 aliphatic rings. The lowest BCUT2D eigenvalue weighted by molar-refractivity contribution is 0.0116. The maximum absolute atomic E-state index is 12.7. The van der Waals surface area contributed by atoms with E-state index in [0.29, 0.717) is 31.7 Å². The number of carbonyl (C=O) groups is 1. The second kappa shape index (κ2) is 9.82. The van der Waals surface area contributed by atoms with E-state index < -0.39 is 5.60 Å². The fraction of sp³-hybridized carbons (Fsp3) is 0.250. The van der Waals surface area contributed by atoms with Gasteiger partial charge >= 0.3 is 0 Å². The average Bonchev–Trinajstić information content (AvgIpc) is 3.41. The van der Waals surface area contributed by atoms with Crippen molar-refractivity contribution in [2.75, 3.05) is 18.0 Å². The molecule has 3 heterocycles. The summed E-state index contributed by atoms with van der Waals surface area (Å²) in [6.45, 7) is 1.39. The normalized spacial score (nSPS) is 15.2. The third-order valence-corrected chi connectivity index (χ3v) is 6.62. The van der Waals surface area contributed by atoms with Gasteiger partial charge in [-0.1, -0.05) is 65.8 Å². The molecule has 1 fully saturated rings. The predicted molar refractivity (Wildman–Crippen MR) is 132 cm³/mol. The van der Waals surface area contributed by atoms with E-state index in [1.807, 2.05) is 54.6 Å². The molecule has 0 atom stereocenters. The van der Waals surface area contributed by atoms with E-state index in [1.165, 1.54) is 0 Å². The zero-order valence-electron chi connectivity index (χ0n) is 19.3. The van der Waals surface area contributed by atoms with E-state index in [1.54, 1.807) is 24.4 Å². The molecule has 0 radical (unpaired) electrons. The second-order valence-electron chi connectivity index (χ2n) is 8.94. The highest BCUT2D eigenvalue weighted by molar-refractivity contribution is 5.96. The maximum Gasteiger partial charge on any atom is 0.189 e. The van der Waals surface area contributed by atoms with E-state index in [-0.39, 0.29) is 24.5 Å². The Morgan fingerprint density at radius 2 is 1.69 bits per heavy atom. The van der Waals surface area contributed by atoms with E-state index >= 15 is 0 Å². The molecule has 2 N–H and O–H groups in total. The van der Waals surface area contributed by atoms with Gasteiger partial charge in [-0.3, -0.25) is 4.79 Å². The first kappa shape index (κ1) is 23.0. The highest BCUT2D eigenvalue weighted by Gasteiger charge is 2.34. The molecule has 2 aromatic carbocycles. The van der Waals surface area contributed by atoms with Gasteiger partial charge in [0.2, 0.25) is 0 Å². The summed E-state index contributed by atoms with van der Waals surface area (Å²) in [5.74, 6) is 1.20. The summed E-state index contributed by atoms with van der Waals surface area (Å²) in [6.07, 6.45) is 3.17. The second-order valence-corrected chi connectivity index (χ2v) is 8.94. The number of hydrogen-bond donors (Lipinski definition) is 2. The standard InChI is InChI=1S/C28H27N3O4/c32-19-20-6-9-22(10-7-20)26-17-24(30-35-26)25(33)16-21-8-11-27(29-18-21)31-14-12-28(34,13-15-31)23-4-2-1-3-5-23/h1-11,17-18,32,34H,12-16,19H2. The third kappa shape index (κ3) is 5.01. The minimum atomic E-state index is -0.804. The quantitative estimate of drug-likeness (QED) is 0.392. The van der Waals surface area contributed by atoms with Gasteiger partial charge < -0.3 is 19.6 Å². The summed E-state index contributed by atoms with van der Waals surface area (Å²) in [7, 11) is 0. The molecule has 4 aromatic rings. The minimum absolute atomic E-state index is 0.0269. The van der Waals surface area contributed by atoms with Crippen LogP contribution < -0.4 is 4.90 Å². The van der Waals surface area contributed by atoms with Crippen molar-refractivity contribution in [3.8, 4) is 11.3 Å². The van der Waals surface area contributed by atoms with Crippen molar-refractivity contribution in [1.29, 1.82) is 0 Å². The molecular weight excluding hydrogens is 442 g/mol. The number of nitrogens with zero attached hydrogens (tertiary/aromatic N) is 3. The van der Waals surface area contributed by atoms with Crippen molar-refractivity contribution >= 4 is 11.6 Å². The Labute approximate surface area is 203 Å². The molecule has 0 spiro atoms. The molecule has 0 aliphatic carbocycles. The van der Waals surface area contributed by atoms with Gasteiger partial charge in [-0.05, 0) is 35.6 Å². The number of aliphatic hydroxyl groups excluding tert-OH is 1. The Balaban J connectivity index is 1.19. The van der Waals surface area contributed by atoms with E-state index in [2.05, 4.69) is 15.0 Å². The first-order valence-electron chi connectivity index (χ1n) is 11.7. The first-order chi connectivity index (χ1) is 17.0. The zero-order chi connectivity index (χ0) is 24.3. The number of Topliss-reactive ketones (excluding diaryl/α,β-unsaturated/α-hetero) is 1. The van der Waals surface area contributed by atoms with Gasteiger partial charge in [0, 0.05) is 37.3 Å². The van der Waals surface area contributed by atoms with Crippen molar-refractivity contribution in [3.63, 3.8) is 0 Å². The number of anilines is 1. The zero-order valence-corrected chi connectivity index (χ0v) is 19.3. The smallest absolute Gasteiger partial charge is 0.189 e. The molecule has 0 saturated carbocycles. The van der Waals surface area contributed by atoms with Crippen LogP contribution in [0.4, 0.5) is 5.82 Å². The minimum Gasteiger partial charge on any atom is -0.392 e. The summed E-state index contributed by atoms with van der Waals surface area (Å²) in [6, 6.07) is 22.5. The number of aliphatic hydroxyl groups is 2. The number of pyridine rings is 1. The molecule has 178 valence electrons. The lowest BCUT2D eigenvalue weighted by Gasteiger charge is -2.39. The lowest BCUT2D eigenvalue weighted by Crippen LogP contribution is -2.42.